The highest BCUT2D eigenvalue weighted by Crippen LogP contribution is 2.27. The molecule has 0 atom stereocenters. The monoisotopic (exact) mass is 327 g/mol. The first-order chi connectivity index (χ1) is 12.3. The van der Waals surface area contributed by atoms with E-state index in [1.54, 1.807) is 11.7 Å². The normalized spacial score (nSPS) is 10.8. The van der Waals surface area contributed by atoms with E-state index in [0.29, 0.717) is 5.39 Å². The van der Waals surface area contributed by atoms with Crippen molar-refractivity contribution < 1.29 is 4.74 Å². The zero-order valence-electron chi connectivity index (χ0n) is 13.8. The highest BCUT2D eigenvalue weighted by Gasteiger charge is 2.13. The summed E-state index contributed by atoms with van der Waals surface area (Å²) in [4.78, 5) is 13.2. The summed E-state index contributed by atoms with van der Waals surface area (Å²) in [6, 6.07) is 27.3. The van der Waals surface area contributed by atoms with E-state index in [9.17, 15) is 4.79 Å². The average Bonchev–Trinajstić information content (AvgIpc) is 2.68. The summed E-state index contributed by atoms with van der Waals surface area (Å²) in [6.07, 6.45) is 0. The van der Waals surface area contributed by atoms with Crippen molar-refractivity contribution in [2.75, 3.05) is 7.11 Å². The van der Waals surface area contributed by atoms with Crippen LogP contribution in [0.2, 0.25) is 0 Å². The first kappa shape index (κ1) is 15.2. The number of methoxy groups -OCH3 is 1. The Morgan fingerprint density at radius 3 is 2.16 bits per heavy atom. The molecule has 1 aromatic heterocycles. The molecule has 4 aromatic rings. The van der Waals surface area contributed by atoms with Crippen LogP contribution in [-0.2, 0) is 0 Å². The molecule has 0 amide bonds. The summed E-state index contributed by atoms with van der Waals surface area (Å²) in [6.45, 7) is 0. The fourth-order valence-corrected chi connectivity index (χ4v) is 3.08. The molecule has 0 unspecified atom stereocenters. The number of para-hydroxylation sites is 1. The number of benzene rings is 3. The van der Waals surface area contributed by atoms with Gasteiger partial charge in [0, 0.05) is 11.1 Å². The molecule has 0 aliphatic heterocycles. The maximum absolute atomic E-state index is 13.2. The van der Waals surface area contributed by atoms with E-state index in [1.807, 2.05) is 84.9 Å². The molecule has 0 spiro atoms. The van der Waals surface area contributed by atoms with Gasteiger partial charge in [0.1, 0.15) is 5.75 Å². The van der Waals surface area contributed by atoms with Crippen molar-refractivity contribution in [1.82, 2.24) is 4.57 Å². The van der Waals surface area contributed by atoms with Crippen LogP contribution in [0.5, 0.6) is 5.75 Å². The van der Waals surface area contributed by atoms with E-state index in [4.69, 9.17) is 4.74 Å². The van der Waals surface area contributed by atoms with Gasteiger partial charge in [0.25, 0.3) is 5.56 Å². The van der Waals surface area contributed by atoms with E-state index >= 15 is 0 Å². The van der Waals surface area contributed by atoms with Gasteiger partial charge in [-0.15, -0.1) is 0 Å². The Kier molecular flexibility index (Phi) is 3.82. The number of pyridine rings is 1. The minimum absolute atomic E-state index is 0.0368. The number of aromatic nitrogens is 1. The molecule has 0 fully saturated rings. The van der Waals surface area contributed by atoms with Gasteiger partial charge >= 0.3 is 0 Å². The molecule has 25 heavy (non-hydrogen) atoms. The largest absolute Gasteiger partial charge is 0.497 e. The second-order valence-corrected chi connectivity index (χ2v) is 5.82. The van der Waals surface area contributed by atoms with Gasteiger partial charge in [-0.1, -0.05) is 48.5 Å². The molecule has 0 saturated heterocycles. The minimum atomic E-state index is -0.0368. The number of hydrogen-bond donors (Lipinski definition) is 0. The van der Waals surface area contributed by atoms with Crippen molar-refractivity contribution >= 4 is 10.8 Å². The van der Waals surface area contributed by atoms with Crippen LogP contribution in [0.3, 0.4) is 0 Å². The third kappa shape index (κ3) is 2.70. The average molecular weight is 327 g/mol. The Morgan fingerprint density at radius 2 is 1.48 bits per heavy atom. The second-order valence-electron chi connectivity index (χ2n) is 5.82. The van der Waals surface area contributed by atoms with Crippen LogP contribution in [0.15, 0.2) is 89.7 Å². The lowest BCUT2D eigenvalue weighted by atomic mass is 10.1. The molecule has 0 bridgehead atoms. The predicted octanol–water partition coefficient (Wildman–Crippen LogP) is 4.67. The predicted molar refractivity (Wildman–Crippen MR) is 102 cm³/mol. The van der Waals surface area contributed by atoms with Crippen molar-refractivity contribution in [2.45, 2.75) is 0 Å². The molecule has 3 heteroatoms. The van der Waals surface area contributed by atoms with Crippen LogP contribution in [-0.4, -0.2) is 11.7 Å². The molecular formula is C22H17NO2. The molecule has 122 valence electrons. The van der Waals surface area contributed by atoms with E-state index < -0.39 is 0 Å². The quantitative estimate of drug-likeness (QED) is 0.548. The Bertz CT molecular complexity index is 1080. The van der Waals surface area contributed by atoms with E-state index in [0.717, 1.165) is 28.1 Å². The molecule has 0 N–H and O–H groups in total. The van der Waals surface area contributed by atoms with Gasteiger partial charge in [0.2, 0.25) is 0 Å². The highest BCUT2D eigenvalue weighted by molar-refractivity contribution is 5.87. The lowest BCUT2D eigenvalue weighted by molar-refractivity contribution is 0.415. The highest BCUT2D eigenvalue weighted by atomic mass is 16.5. The van der Waals surface area contributed by atoms with Crippen molar-refractivity contribution in [2.24, 2.45) is 0 Å². The zero-order valence-corrected chi connectivity index (χ0v) is 13.8. The van der Waals surface area contributed by atoms with Gasteiger partial charge in [-0.2, -0.15) is 0 Å². The molecule has 3 nitrogen and oxygen atoms in total. The summed E-state index contributed by atoms with van der Waals surface area (Å²) in [5.41, 5.74) is 2.67. The fourth-order valence-electron chi connectivity index (χ4n) is 3.08. The number of nitrogens with zero attached hydrogens (tertiary/aromatic N) is 1. The number of fused-ring (bicyclic) bond motifs is 1. The summed E-state index contributed by atoms with van der Waals surface area (Å²) in [5.74, 6) is 0.739. The Balaban J connectivity index is 2.11. The molecule has 4 rings (SSSR count). The maximum Gasteiger partial charge on any atom is 0.263 e. The smallest absolute Gasteiger partial charge is 0.263 e. The van der Waals surface area contributed by atoms with Crippen LogP contribution in [0, 0.1) is 0 Å². The zero-order chi connectivity index (χ0) is 17.2. The lowest BCUT2D eigenvalue weighted by Gasteiger charge is -2.15. The Hall–Kier alpha value is -3.33. The molecule has 0 radical (unpaired) electrons. The third-order valence-corrected chi connectivity index (χ3v) is 4.31. The molecular weight excluding hydrogens is 310 g/mol. The molecule has 1 heterocycles. The third-order valence-electron chi connectivity index (χ3n) is 4.31. The van der Waals surface area contributed by atoms with Gasteiger partial charge in [0.05, 0.1) is 12.8 Å². The maximum atomic E-state index is 13.2. The van der Waals surface area contributed by atoms with Crippen LogP contribution in [0.4, 0.5) is 0 Å². The van der Waals surface area contributed by atoms with E-state index in [-0.39, 0.29) is 5.56 Å². The summed E-state index contributed by atoms with van der Waals surface area (Å²) in [7, 11) is 1.63. The standard InChI is InChI=1S/C22H17NO2/c1-25-19-12-13-20-17(14-19)15-21(16-8-4-2-5-9-16)23(22(20)24)18-10-6-3-7-11-18/h2-15H,1H3. The van der Waals surface area contributed by atoms with Crippen molar-refractivity contribution in [3.8, 4) is 22.7 Å². The number of ether oxygens (including phenoxy) is 1. The van der Waals surface area contributed by atoms with Gasteiger partial charge < -0.3 is 4.74 Å². The molecule has 0 aliphatic carbocycles. The first-order valence-electron chi connectivity index (χ1n) is 8.12. The molecule has 3 aromatic carbocycles. The van der Waals surface area contributed by atoms with Crippen LogP contribution < -0.4 is 10.3 Å². The Morgan fingerprint density at radius 1 is 0.800 bits per heavy atom. The summed E-state index contributed by atoms with van der Waals surface area (Å²) >= 11 is 0. The van der Waals surface area contributed by atoms with Crippen LogP contribution in [0.1, 0.15) is 0 Å². The number of rotatable bonds is 3. The number of hydrogen-bond acceptors (Lipinski definition) is 2. The molecule has 0 saturated carbocycles. The van der Waals surface area contributed by atoms with Crippen LogP contribution in [0.25, 0.3) is 27.7 Å². The fraction of sp³-hybridized carbons (Fsp3) is 0.0455. The van der Waals surface area contributed by atoms with Crippen LogP contribution >= 0.6 is 0 Å². The van der Waals surface area contributed by atoms with Gasteiger partial charge in [-0.05, 0) is 47.3 Å². The van der Waals surface area contributed by atoms with Crippen molar-refractivity contribution in [1.29, 1.82) is 0 Å². The molecule has 0 aliphatic rings. The Labute approximate surface area is 145 Å². The van der Waals surface area contributed by atoms with E-state index in [2.05, 4.69) is 0 Å². The summed E-state index contributed by atoms with van der Waals surface area (Å²) in [5, 5.41) is 1.54. The summed E-state index contributed by atoms with van der Waals surface area (Å²) < 4.78 is 7.08. The SMILES string of the molecule is COc1ccc2c(=O)n(-c3ccccc3)c(-c3ccccc3)cc2c1. The second kappa shape index (κ2) is 6.29. The topological polar surface area (TPSA) is 31.2 Å². The van der Waals surface area contributed by atoms with Crippen molar-refractivity contribution in [3.63, 3.8) is 0 Å². The van der Waals surface area contributed by atoms with Crippen molar-refractivity contribution in [3.05, 3.63) is 95.3 Å². The first-order valence-corrected chi connectivity index (χ1v) is 8.12. The van der Waals surface area contributed by atoms with Gasteiger partial charge in [-0.3, -0.25) is 9.36 Å². The lowest BCUT2D eigenvalue weighted by Crippen LogP contribution is -2.20. The van der Waals surface area contributed by atoms with E-state index in [1.165, 1.54) is 0 Å². The minimum Gasteiger partial charge on any atom is -0.497 e. The van der Waals surface area contributed by atoms with Gasteiger partial charge in [-0.25, -0.2) is 0 Å². The van der Waals surface area contributed by atoms with Gasteiger partial charge in [0.15, 0.2) is 0 Å².